The molecule has 1 unspecified atom stereocenters. The van der Waals surface area contributed by atoms with E-state index in [0.717, 1.165) is 28.8 Å². The molecule has 4 nitrogen and oxygen atoms in total. The van der Waals surface area contributed by atoms with Crippen LogP contribution in [0.25, 0.3) is 10.9 Å². The van der Waals surface area contributed by atoms with Crippen LogP contribution < -0.4 is 11.1 Å². The van der Waals surface area contributed by atoms with Crippen molar-refractivity contribution in [3.63, 3.8) is 0 Å². The van der Waals surface area contributed by atoms with Crippen LogP contribution in [0.4, 0.5) is 11.5 Å². The fraction of sp³-hybridized carbons (Fsp3) is 0.400. The number of nitrogens with one attached hydrogen (secondary N) is 1. The molecule has 0 aliphatic heterocycles. The summed E-state index contributed by atoms with van der Waals surface area (Å²) in [7, 11) is 0. The molecule has 0 amide bonds. The zero-order chi connectivity index (χ0) is 13.8. The van der Waals surface area contributed by atoms with Gasteiger partial charge in [-0.05, 0) is 42.7 Å². The molecular weight excluding hydrogens is 238 g/mol. The Morgan fingerprint density at radius 3 is 2.74 bits per heavy atom. The lowest BCUT2D eigenvalue weighted by Crippen LogP contribution is -2.27. The van der Waals surface area contributed by atoms with Gasteiger partial charge in [0.15, 0.2) is 0 Å². The van der Waals surface area contributed by atoms with Crippen molar-refractivity contribution in [3.8, 4) is 0 Å². The molecule has 2 aromatic rings. The van der Waals surface area contributed by atoms with Crippen LogP contribution in [0.2, 0.25) is 0 Å². The van der Waals surface area contributed by atoms with Gasteiger partial charge in [-0.2, -0.15) is 0 Å². The highest BCUT2D eigenvalue weighted by atomic mass is 16.3. The molecule has 0 aliphatic rings. The average molecular weight is 259 g/mol. The third-order valence-corrected chi connectivity index (χ3v) is 3.29. The monoisotopic (exact) mass is 259 g/mol. The summed E-state index contributed by atoms with van der Waals surface area (Å²) in [5.74, 6) is 1.28. The van der Waals surface area contributed by atoms with E-state index in [0.29, 0.717) is 5.92 Å². The molecule has 102 valence electrons. The molecule has 1 atom stereocenters. The number of pyridine rings is 1. The Balaban J connectivity index is 2.23. The number of rotatable bonds is 5. The van der Waals surface area contributed by atoms with Gasteiger partial charge < -0.3 is 16.2 Å². The quantitative estimate of drug-likeness (QED) is 0.722. The van der Waals surface area contributed by atoms with Crippen LogP contribution in [0.15, 0.2) is 30.3 Å². The Morgan fingerprint density at radius 2 is 2.05 bits per heavy atom. The predicted molar refractivity (Wildman–Crippen MR) is 80.1 cm³/mol. The topological polar surface area (TPSA) is 71.2 Å². The van der Waals surface area contributed by atoms with Crippen LogP contribution in [0.5, 0.6) is 0 Å². The normalized spacial score (nSPS) is 12.8. The molecular formula is C15H21N3O. The summed E-state index contributed by atoms with van der Waals surface area (Å²) in [5.41, 5.74) is 7.42. The first-order valence-electron chi connectivity index (χ1n) is 6.64. The second-order valence-electron chi connectivity index (χ2n) is 5.16. The Morgan fingerprint density at radius 1 is 1.26 bits per heavy atom. The summed E-state index contributed by atoms with van der Waals surface area (Å²) in [6.45, 7) is 4.45. The summed E-state index contributed by atoms with van der Waals surface area (Å²) >= 11 is 0. The third-order valence-electron chi connectivity index (χ3n) is 3.29. The number of hydrogen-bond acceptors (Lipinski definition) is 4. The third kappa shape index (κ3) is 3.35. The van der Waals surface area contributed by atoms with Gasteiger partial charge in [-0.1, -0.05) is 13.8 Å². The molecule has 2 rings (SSSR count). The van der Waals surface area contributed by atoms with Gasteiger partial charge in [0, 0.05) is 23.7 Å². The molecule has 0 radical (unpaired) electrons. The number of anilines is 2. The summed E-state index contributed by atoms with van der Waals surface area (Å²) in [6.07, 6.45) is 0.721. The van der Waals surface area contributed by atoms with Crippen molar-refractivity contribution in [3.05, 3.63) is 30.3 Å². The standard InChI is InChI=1S/C15H21N3O/c1-10(2)13(7-8-19)17-15-6-3-11-9-12(16)4-5-14(11)18-15/h3-6,9-10,13,19H,7-8,16H2,1-2H3,(H,17,18). The fourth-order valence-electron chi connectivity index (χ4n) is 2.13. The van der Waals surface area contributed by atoms with Crippen LogP contribution in [0.1, 0.15) is 20.3 Å². The number of nitrogens with two attached hydrogens (primary N) is 1. The van der Waals surface area contributed by atoms with Crippen molar-refractivity contribution >= 4 is 22.4 Å². The Hall–Kier alpha value is -1.81. The lowest BCUT2D eigenvalue weighted by molar-refractivity contribution is 0.267. The molecule has 0 saturated carbocycles. The van der Waals surface area contributed by atoms with Crippen LogP contribution in [-0.4, -0.2) is 22.7 Å². The van der Waals surface area contributed by atoms with Gasteiger partial charge in [0.25, 0.3) is 0 Å². The fourth-order valence-corrected chi connectivity index (χ4v) is 2.13. The van der Waals surface area contributed by atoms with E-state index in [9.17, 15) is 0 Å². The molecule has 4 heteroatoms. The van der Waals surface area contributed by atoms with E-state index in [1.807, 2.05) is 30.3 Å². The van der Waals surface area contributed by atoms with Gasteiger partial charge in [-0.25, -0.2) is 4.98 Å². The summed E-state index contributed by atoms with van der Waals surface area (Å²) in [4.78, 5) is 4.57. The Bertz CT molecular complexity index is 554. The van der Waals surface area contributed by atoms with E-state index in [4.69, 9.17) is 10.8 Å². The van der Waals surface area contributed by atoms with E-state index in [2.05, 4.69) is 24.1 Å². The maximum Gasteiger partial charge on any atom is 0.126 e. The molecule has 0 fully saturated rings. The highest BCUT2D eigenvalue weighted by molar-refractivity contribution is 5.83. The maximum absolute atomic E-state index is 9.09. The van der Waals surface area contributed by atoms with Crippen molar-refractivity contribution in [2.75, 3.05) is 17.7 Å². The molecule has 1 aromatic carbocycles. The molecule has 1 aromatic heterocycles. The summed E-state index contributed by atoms with van der Waals surface area (Å²) < 4.78 is 0. The largest absolute Gasteiger partial charge is 0.399 e. The van der Waals surface area contributed by atoms with Gasteiger partial charge >= 0.3 is 0 Å². The van der Waals surface area contributed by atoms with Crippen LogP contribution in [0, 0.1) is 5.92 Å². The van der Waals surface area contributed by atoms with E-state index in [1.54, 1.807) is 0 Å². The first-order valence-corrected chi connectivity index (χ1v) is 6.64. The highest BCUT2D eigenvalue weighted by Gasteiger charge is 2.13. The number of benzene rings is 1. The SMILES string of the molecule is CC(C)C(CCO)Nc1ccc2cc(N)ccc2n1. The maximum atomic E-state index is 9.09. The number of nitrogen functional groups attached to an aromatic ring is 1. The number of aliphatic hydroxyl groups excluding tert-OH is 1. The van der Waals surface area contributed by atoms with Crippen molar-refractivity contribution in [1.82, 2.24) is 4.98 Å². The molecule has 0 spiro atoms. The Kier molecular flexibility index (Phi) is 4.22. The molecule has 0 bridgehead atoms. The van der Waals surface area contributed by atoms with Crippen molar-refractivity contribution in [2.45, 2.75) is 26.3 Å². The van der Waals surface area contributed by atoms with E-state index >= 15 is 0 Å². The summed E-state index contributed by atoms with van der Waals surface area (Å²) in [5, 5.41) is 13.5. The highest BCUT2D eigenvalue weighted by Crippen LogP contribution is 2.20. The second-order valence-corrected chi connectivity index (χ2v) is 5.16. The molecule has 19 heavy (non-hydrogen) atoms. The average Bonchev–Trinajstić information content (AvgIpc) is 2.38. The van der Waals surface area contributed by atoms with Crippen LogP contribution in [0.3, 0.4) is 0 Å². The van der Waals surface area contributed by atoms with Crippen molar-refractivity contribution in [2.24, 2.45) is 5.92 Å². The number of hydrogen-bond donors (Lipinski definition) is 3. The van der Waals surface area contributed by atoms with Crippen molar-refractivity contribution in [1.29, 1.82) is 0 Å². The Labute approximate surface area is 113 Å². The predicted octanol–water partition coefficient (Wildman–Crippen LogP) is 2.64. The number of aliphatic hydroxyl groups is 1. The molecule has 1 heterocycles. The number of fused-ring (bicyclic) bond motifs is 1. The zero-order valence-corrected chi connectivity index (χ0v) is 11.4. The van der Waals surface area contributed by atoms with Gasteiger partial charge in [-0.3, -0.25) is 0 Å². The minimum Gasteiger partial charge on any atom is -0.399 e. The minimum absolute atomic E-state index is 0.181. The lowest BCUT2D eigenvalue weighted by Gasteiger charge is -2.22. The summed E-state index contributed by atoms with van der Waals surface area (Å²) in [6, 6.07) is 9.88. The first-order chi connectivity index (χ1) is 9.10. The van der Waals surface area contributed by atoms with Crippen LogP contribution in [-0.2, 0) is 0 Å². The van der Waals surface area contributed by atoms with Gasteiger partial charge in [0.1, 0.15) is 5.82 Å². The van der Waals surface area contributed by atoms with E-state index in [-0.39, 0.29) is 12.6 Å². The lowest BCUT2D eigenvalue weighted by atomic mass is 10.0. The second kappa shape index (κ2) is 5.89. The van der Waals surface area contributed by atoms with Crippen molar-refractivity contribution < 1.29 is 5.11 Å². The van der Waals surface area contributed by atoms with Gasteiger partial charge in [-0.15, -0.1) is 0 Å². The van der Waals surface area contributed by atoms with E-state index < -0.39 is 0 Å². The zero-order valence-electron chi connectivity index (χ0n) is 11.4. The first kappa shape index (κ1) is 13.6. The van der Waals surface area contributed by atoms with E-state index in [1.165, 1.54) is 0 Å². The van der Waals surface area contributed by atoms with Gasteiger partial charge in [0.2, 0.25) is 0 Å². The number of aromatic nitrogens is 1. The molecule has 0 aliphatic carbocycles. The molecule has 0 saturated heterocycles. The van der Waals surface area contributed by atoms with Gasteiger partial charge in [0.05, 0.1) is 5.52 Å². The molecule has 4 N–H and O–H groups in total. The number of nitrogens with zero attached hydrogens (tertiary/aromatic N) is 1. The minimum atomic E-state index is 0.181. The van der Waals surface area contributed by atoms with Crippen LogP contribution >= 0.6 is 0 Å². The smallest absolute Gasteiger partial charge is 0.126 e.